The maximum absolute atomic E-state index is 5.72. The van der Waals surface area contributed by atoms with Crippen LogP contribution in [0.15, 0.2) is 53.6 Å². The molecule has 3 N–H and O–H groups in total. The zero-order valence-electron chi connectivity index (χ0n) is 15.4. The number of thiocarbonyl (C=S) groups is 1. The van der Waals surface area contributed by atoms with E-state index in [2.05, 4.69) is 55.6 Å². The summed E-state index contributed by atoms with van der Waals surface area (Å²) in [4.78, 5) is 0. The van der Waals surface area contributed by atoms with Crippen LogP contribution in [0.4, 0.5) is 0 Å². The van der Waals surface area contributed by atoms with Gasteiger partial charge in [0.25, 0.3) is 0 Å². The van der Waals surface area contributed by atoms with Crippen molar-refractivity contribution in [2.24, 2.45) is 10.8 Å². The molecule has 0 unspecified atom stereocenters. The second-order valence-corrected chi connectivity index (χ2v) is 7.21. The van der Waals surface area contributed by atoms with E-state index in [0.29, 0.717) is 13.2 Å². The summed E-state index contributed by atoms with van der Waals surface area (Å²) in [5, 5.41) is 4.03. The van der Waals surface area contributed by atoms with Crippen LogP contribution in [0.1, 0.15) is 31.9 Å². The van der Waals surface area contributed by atoms with Crippen LogP contribution in [0.25, 0.3) is 0 Å². The van der Waals surface area contributed by atoms with E-state index in [0.717, 1.165) is 17.1 Å². The third-order valence-electron chi connectivity index (χ3n) is 3.61. The topological polar surface area (TPSA) is 68.9 Å². The fourth-order valence-electron chi connectivity index (χ4n) is 2.19. The Balaban J connectivity index is 1.74. The van der Waals surface area contributed by atoms with Crippen molar-refractivity contribution >= 4 is 23.5 Å². The first-order chi connectivity index (χ1) is 12.3. The van der Waals surface area contributed by atoms with Crippen molar-refractivity contribution in [2.45, 2.75) is 26.2 Å². The first-order valence-electron chi connectivity index (χ1n) is 8.39. The maximum Gasteiger partial charge on any atom is 0.184 e. The number of hydrogen-bond acceptors (Lipinski definition) is 4. The summed E-state index contributed by atoms with van der Waals surface area (Å²) in [6.45, 7) is 7.53. The van der Waals surface area contributed by atoms with Gasteiger partial charge < -0.3 is 15.2 Å². The molecule has 0 aliphatic heterocycles. The summed E-state index contributed by atoms with van der Waals surface area (Å²) in [6.07, 6.45) is 1.63. The van der Waals surface area contributed by atoms with Gasteiger partial charge in [0.2, 0.25) is 0 Å². The molecule has 0 aromatic heterocycles. The molecule has 0 amide bonds. The summed E-state index contributed by atoms with van der Waals surface area (Å²) < 4.78 is 11.4. The van der Waals surface area contributed by atoms with Crippen LogP contribution < -0.4 is 20.6 Å². The van der Waals surface area contributed by atoms with Crippen LogP contribution >= 0.6 is 12.2 Å². The van der Waals surface area contributed by atoms with Gasteiger partial charge in [-0.2, -0.15) is 5.10 Å². The van der Waals surface area contributed by atoms with E-state index in [1.165, 1.54) is 5.56 Å². The van der Waals surface area contributed by atoms with Crippen LogP contribution in [-0.4, -0.2) is 24.5 Å². The summed E-state index contributed by atoms with van der Waals surface area (Å²) in [6, 6.07) is 15.7. The quantitative estimate of drug-likeness (QED) is 0.337. The van der Waals surface area contributed by atoms with E-state index in [1.807, 2.05) is 36.4 Å². The summed E-state index contributed by atoms with van der Waals surface area (Å²) >= 11 is 4.67. The molecule has 6 heteroatoms. The molecule has 0 heterocycles. The van der Waals surface area contributed by atoms with E-state index in [1.54, 1.807) is 6.21 Å². The monoisotopic (exact) mass is 371 g/mol. The lowest BCUT2D eigenvalue weighted by atomic mass is 9.87. The third-order valence-corrected chi connectivity index (χ3v) is 3.70. The molecule has 5 nitrogen and oxygen atoms in total. The second-order valence-electron chi connectivity index (χ2n) is 6.77. The SMILES string of the molecule is CC(C)(C)c1ccc(OCCOc2ccc(/C=N\NC(N)=S)cc2)cc1. The van der Waals surface area contributed by atoms with Crippen molar-refractivity contribution < 1.29 is 9.47 Å². The molecular weight excluding hydrogens is 346 g/mol. The molecule has 0 aliphatic carbocycles. The Morgan fingerprint density at radius 2 is 1.50 bits per heavy atom. The highest BCUT2D eigenvalue weighted by Crippen LogP contribution is 2.24. The van der Waals surface area contributed by atoms with Crippen molar-refractivity contribution in [1.82, 2.24) is 5.43 Å². The Morgan fingerprint density at radius 1 is 1.00 bits per heavy atom. The first kappa shape index (κ1) is 19.7. The molecule has 0 fully saturated rings. The number of hydrogen-bond donors (Lipinski definition) is 2. The zero-order valence-corrected chi connectivity index (χ0v) is 16.2. The minimum absolute atomic E-state index is 0.134. The predicted octanol–water partition coefficient (Wildman–Crippen LogP) is 3.61. The first-order valence-corrected chi connectivity index (χ1v) is 8.80. The number of hydrazone groups is 1. The second kappa shape index (κ2) is 9.20. The van der Waals surface area contributed by atoms with Crippen LogP contribution in [0.2, 0.25) is 0 Å². The molecule has 0 atom stereocenters. The maximum atomic E-state index is 5.72. The van der Waals surface area contributed by atoms with Crippen molar-refractivity contribution in [1.29, 1.82) is 0 Å². The van der Waals surface area contributed by atoms with Crippen molar-refractivity contribution in [3.8, 4) is 11.5 Å². The number of nitrogens with one attached hydrogen (secondary N) is 1. The van der Waals surface area contributed by atoms with E-state index in [-0.39, 0.29) is 10.5 Å². The molecule has 0 spiro atoms. The number of rotatable bonds is 7. The fraction of sp³-hybridized carbons (Fsp3) is 0.300. The minimum atomic E-state index is 0.134. The van der Waals surface area contributed by atoms with Gasteiger partial charge in [-0.25, -0.2) is 0 Å². The van der Waals surface area contributed by atoms with Crippen molar-refractivity contribution in [2.75, 3.05) is 13.2 Å². The van der Waals surface area contributed by atoms with Crippen molar-refractivity contribution in [3.63, 3.8) is 0 Å². The van der Waals surface area contributed by atoms with Gasteiger partial charge in [0.05, 0.1) is 6.21 Å². The van der Waals surface area contributed by atoms with Crippen LogP contribution in [-0.2, 0) is 5.41 Å². The van der Waals surface area contributed by atoms with Gasteiger partial charge in [-0.15, -0.1) is 0 Å². The smallest absolute Gasteiger partial charge is 0.184 e. The highest BCUT2D eigenvalue weighted by Gasteiger charge is 2.12. The molecule has 2 rings (SSSR count). The van der Waals surface area contributed by atoms with Gasteiger partial charge in [-0.3, -0.25) is 5.43 Å². The molecule has 0 radical (unpaired) electrons. The molecule has 0 saturated heterocycles. The molecular formula is C20H25N3O2S. The molecule has 138 valence electrons. The molecule has 0 saturated carbocycles. The predicted molar refractivity (Wildman–Crippen MR) is 110 cm³/mol. The van der Waals surface area contributed by atoms with Crippen LogP contribution in [0.3, 0.4) is 0 Å². The molecule has 2 aromatic carbocycles. The lowest BCUT2D eigenvalue weighted by Gasteiger charge is -2.19. The number of ether oxygens (including phenoxy) is 2. The average molecular weight is 372 g/mol. The lowest BCUT2D eigenvalue weighted by Crippen LogP contribution is -2.23. The highest BCUT2D eigenvalue weighted by molar-refractivity contribution is 7.80. The minimum Gasteiger partial charge on any atom is -0.490 e. The summed E-state index contributed by atoms with van der Waals surface area (Å²) in [7, 11) is 0. The van der Waals surface area contributed by atoms with Crippen LogP contribution in [0, 0.1) is 0 Å². The Kier molecular flexibility index (Phi) is 6.97. The highest BCUT2D eigenvalue weighted by atomic mass is 32.1. The molecule has 26 heavy (non-hydrogen) atoms. The number of benzene rings is 2. The van der Waals surface area contributed by atoms with Gasteiger partial charge in [0, 0.05) is 0 Å². The van der Waals surface area contributed by atoms with E-state index in [4.69, 9.17) is 15.2 Å². The van der Waals surface area contributed by atoms with Crippen LogP contribution in [0.5, 0.6) is 11.5 Å². The van der Waals surface area contributed by atoms with Gasteiger partial charge in [0.1, 0.15) is 24.7 Å². The fourth-order valence-corrected chi connectivity index (χ4v) is 2.24. The van der Waals surface area contributed by atoms with Gasteiger partial charge in [-0.05, 0) is 65.2 Å². The van der Waals surface area contributed by atoms with E-state index >= 15 is 0 Å². The van der Waals surface area contributed by atoms with E-state index in [9.17, 15) is 0 Å². The average Bonchev–Trinajstić information content (AvgIpc) is 2.59. The van der Waals surface area contributed by atoms with Gasteiger partial charge >= 0.3 is 0 Å². The number of nitrogens with two attached hydrogens (primary N) is 1. The van der Waals surface area contributed by atoms with Gasteiger partial charge in [0.15, 0.2) is 5.11 Å². The van der Waals surface area contributed by atoms with Gasteiger partial charge in [-0.1, -0.05) is 32.9 Å². The largest absolute Gasteiger partial charge is 0.490 e. The lowest BCUT2D eigenvalue weighted by molar-refractivity contribution is 0.217. The van der Waals surface area contributed by atoms with Crippen molar-refractivity contribution in [3.05, 3.63) is 59.7 Å². The Hall–Kier alpha value is -2.60. The standard InChI is InChI=1S/C20H25N3O2S/c1-20(2,3)16-6-10-18(11-7-16)25-13-12-24-17-8-4-15(5-9-17)14-22-23-19(21)26/h4-11,14H,12-13H2,1-3H3,(H3,21,23,26)/b22-14-. The zero-order chi connectivity index (χ0) is 19.0. The summed E-state index contributed by atoms with van der Waals surface area (Å²) in [5.41, 5.74) is 10.1. The third kappa shape index (κ3) is 6.72. The normalized spacial score (nSPS) is 11.3. The molecule has 0 bridgehead atoms. The molecule has 2 aromatic rings. The Labute approximate surface area is 160 Å². The Morgan fingerprint density at radius 3 is 1.96 bits per heavy atom. The summed E-state index contributed by atoms with van der Waals surface area (Å²) in [5.74, 6) is 1.62. The Bertz CT molecular complexity index is 735. The molecule has 0 aliphatic rings. The van der Waals surface area contributed by atoms with E-state index < -0.39 is 0 Å². The number of nitrogens with zero attached hydrogens (tertiary/aromatic N) is 1.